The molecule has 0 heterocycles. The fraction of sp³-hybridized carbons (Fsp3) is 0.222. The standard InChI is InChI=1S/C9H9Cl2NOS/c1-6(14)12(13)5-7-2-3-8(10)9(11)4-7/h2-4,13H,5H2,1H3. The summed E-state index contributed by atoms with van der Waals surface area (Å²) in [5, 5.41) is 11.3. The molecule has 0 spiro atoms. The number of nitrogens with zero attached hydrogens (tertiary/aromatic N) is 1. The smallest absolute Gasteiger partial charge is 0.101 e. The molecule has 0 aromatic heterocycles. The van der Waals surface area contributed by atoms with Gasteiger partial charge in [-0.2, -0.15) is 0 Å². The molecule has 76 valence electrons. The van der Waals surface area contributed by atoms with Gasteiger partial charge in [0, 0.05) is 0 Å². The maximum atomic E-state index is 9.36. The van der Waals surface area contributed by atoms with Crippen molar-refractivity contribution < 1.29 is 5.21 Å². The SMILES string of the molecule is CC(=S)N(O)Cc1ccc(Cl)c(Cl)c1. The highest BCUT2D eigenvalue weighted by molar-refractivity contribution is 7.80. The minimum absolute atomic E-state index is 0.312. The highest BCUT2D eigenvalue weighted by Crippen LogP contribution is 2.23. The van der Waals surface area contributed by atoms with E-state index in [2.05, 4.69) is 0 Å². The summed E-state index contributed by atoms with van der Waals surface area (Å²) >= 11 is 16.4. The summed E-state index contributed by atoms with van der Waals surface area (Å²) in [6.07, 6.45) is 0. The quantitative estimate of drug-likeness (QED) is 0.641. The molecule has 0 saturated heterocycles. The molecule has 0 fully saturated rings. The Hall–Kier alpha value is -0.350. The van der Waals surface area contributed by atoms with Crippen LogP contribution in [0.4, 0.5) is 0 Å². The number of rotatable bonds is 2. The third-order valence-corrected chi connectivity index (χ3v) is 2.63. The number of hydrogen-bond donors (Lipinski definition) is 1. The number of hydrogen-bond acceptors (Lipinski definition) is 2. The van der Waals surface area contributed by atoms with Crippen molar-refractivity contribution in [3.63, 3.8) is 0 Å². The number of benzene rings is 1. The summed E-state index contributed by atoms with van der Waals surface area (Å²) in [6, 6.07) is 5.17. The molecule has 0 amide bonds. The molecule has 14 heavy (non-hydrogen) atoms. The van der Waals surface area contributed by atoms with Crippen LogP contribution in [0.5, 0.6) is 0 Å². The lowest BCUT2D eigenvalue weighted by atomic mass is 10.2. The third kappa shape index (κ3) is 3.10. The normalized spacial score (nSPS) is 10.0. The third-order valence-electron chi connectivity index (χ3n) is 1.68. The molecule has 0 aliphatic carbocycles. The lowest BCUT2D eigenvalue weighted by Gasteiger charge is -2.14. The summed E-state index contributed by atoms with van der Waals surface area (Å²) in [4.78, 5) is 0.413. The predicted molar refractivity (Wildman–Crippen MR) is 62.1 cm³/mol. The van der Waals surface area contributed by atoms with Crippen LogP contribution in [0, 0.1) is 0 Å². The van der Waals surface area contributed by atoms with Crippen LogP contribution in [0.15, 0.2) is 18.2 Å². The Morgan fingerprint density at radius 2 is 2.07 bits per heavy atom. The van der Waals surface area contributed by atoms with Gasteiger partial charge in [-0.05, 0) is 24.6 Å². The van der Waals surface area contributed by atoms with Crippen LogP contribution in [0.25, 0.3) is 0 Å². The monoisotopic (exact) mass is 249 g/mol. The maximum Gasteiger partial charge on any atom is 0.101 e. The zero-order chi connectivity index (χ0) is 10.7. The van der Waals surface area contributed by atoms with Crippen molar-refractivity contribution in [1.29, 1.82) is 0 Å². The van der Waals surface area contributed by atoms with Crippen molar-refractivity contribution in [1.82, 2.24) is 5.06 Å². The Kier molecular flexibility index (Phi) is 4.13. The number of halogens is 2. The molecule has 0 atom stereocenters. The molecule has 0 aliphatic heterocycles. The van der Waals surface area contributed by atoms with Crippen molar-refractivity contribution in [3.05, 3.63) is 33.8 Å². The minimum Gasteiger partial charge on any atom is -0.288 e. The van der Waals surface area contributed by atoms with E-state index in [1.54, 1.807) is 25.1 Å². The molecular weight excluding hydrogens is 241 g/mol. The summed E-state index contributed by atoms with van der Waals surface area (Å²) < 4.78 is 0. The van der Waals surface area contributed by atoms with Gasteiger partial charge in [-0.1, -0.05) is 41.5 Å². The molecule has 5 heteroatoms. The largest absolute Gasteiger partial charge is 0.288 e. The topological polar surface area (TPSA) is 23.5 Å². The first-order chi connectivity index (χ1) is 6.50. The summed E-state index contributed by atoms with van der Waals surface area (Å²) in [6.45, 7) is 1.96. The van der Waals surface area contributed by atoms with E-state index in [9.17, 15) is 5.21 Å². The lowest BCUT2D eigenvalue weighted by molar-refractivity contribution is -0.0204. The van der Waals surface area contributed by atoms with Gasteiger partial charge in [-0.25, -0.2) is 5.06 Å². The Balaban J connectivity index is 2.78. The lowest BCUT2D eigenvalue weighted by Crippen LogP contribution is -2.22. The summed E-state index contributed by atoms with van der Waals surface area (Å²) in [5.41, 5.74) is 0.853. The van der Waals surface area contributed by atoms with Gasteiger partial charge in [0.2, 0.25) is 0 Å². The first-order valence-corrected chi connectivity index (χ1v) is 5.08. The Morgan fingerprint density at radius 3 is 2.57 bits per heavy atom. The molecule has 1 aromatic rings. The van der Waals surface area contributed by atoms with Crippen LogP contribution in [-0.2, 0) is 6.54 Å². The van der Waals surface area contributed by atoms with Crippen LogP contribution in [0.1, 0.15) is 12.5 Å². The first kappa shape index (κ1) is 11.7. The van der Waals surface area contributed by atoms with E-state index >= 15 is 0 Å². The Morgan fingerprint density at radius 1 is 1.43 bits per heavy atom. The molecule has 1 aromatic carbocycles. The summed E-state index contributed by atoms with van der Waals surface area (Å²) in [5.74, 6) is 0. The zero-order valence-electron chi connectivity index (χ0n) is 7.50. The second-order valence-corrected chi connectivity index (χ2v) is 4.23. The van der Waals surface area contributed by atoms with E-state index in [-0.39, 0.29) is 0 Å². The van der Waals surface area contributed by atoms with Gasteiger partial charge in [0.1, 0.15) is 4.99 Å². The van der Waals surface area contributed by atoms with E-state index < -0.39 is 0 Å². The molecule has 0 aliphatic rings. The highest BCUT2D eigenvalue weighted by atomic mass is 35.5. The number of thiocarbonyl (C=S) groups is 1. The zero-order valence-corrected chi connectivity index (χ0v) is 9.83. The average Bonchev–Trinajstić information content (AvgIpc) is 2.11. The van der Waals surface area contributed by atoms with Crippen LogP contribution < -0.4 is 0 Å². The predicted octanol–water partition coefficient (Wildman–Crippen LogP) is 3.53. The van der Waals surface area contributed by atoms with Crippen molar-refractivity contribution in [3.8, 4) is 0 Å². The highest BCUT2D eigenvalue weighted by Gasteiger charge is 2.04. The van der Waals surface area contributed by atoms with Crippen LogP contribution >= 0.6 is 35.4 Å². The van der Waals surface area contributed by atoms with E-state index in [1.165, 1.54) is 0 Å². The minimum atomic E-state index is 0.312. The van der Waals surface area contributed by atoms with E-state index in [1.807, 2.05) is 0 Å². The molecular formula is C9H9Cl2NOS. The molecule has 1 rings (SSSR count). The van der Waals surface area contributed by atoms with E-state index in [0.717, 1.165) is 10.6 Å². The molecule has 0 radical (unpaired) electrons. The van der Waals surface area contributed by atoms with Gasteiger partial charge in [0.05, 0.1) is 16.6 Å². The van der Waals surface area contributed by atoms with Gasteiger partial charge in [0.15, 0.2) is 0 Å². The van der Waals surface area contributed by atoms with Gasteiger partial charge in [0.25, 0.3) is 0 Å². The van der Waals surface area contributed by atoms with Crippen molar-refractivity contribution >= 4 is 40.4 Å². The van der Waals surface area contributed by atoms with E-state index in [0.29, 0.717) is 21.6 Å². The van der Waals surface area contributed by atoms with Crippen LogP contribution in [0.2, 0.25) is 10.0 Å². The fourth-order valence-electron chi connectivity index (χ4n) is 0.922. The fourth-order valence-corrected chi connectivity index (χ4v) is 1.31. The van der Waals surface area contributed by atoms with Gasteiger partial charge in [-0.3, -0.25) is 5.21 Å². The second kappa shape index (κ2) is 4.94. The van der Waals surface area contributed by atoms with Crippen LogP contribution in [-0.4, -0.2) is 15.3 Å². The van der Waals surface area contributed by atoms with Crippen LogP contribution in [0.3, 0.4) is 0 Å². The molecule has 0 saturated carbocycles. The molecule has 0 bridgehead atoms. The summed E-state index contributed by atoms with van der Waals surface area (Å²) in [7, 11) is 0. The average molecular weight is 250 g/mol. The Bertz CT molecular complexity index is 357. The van der Waals surface area contributed by atoms with Gasteiger partial charge in [-0.15, -0.1) is 0 Å². The first-order valence-electron chi connectivity index (χ1n) is 3.91. The van der Waals surface area contributed by atoms with Crippen molar-refractivity contribution in [2.45, 2.75) is 13.5 Å². The van der Waals surface area contributed by atoms with Gasteiger partial charge < -0.3 is 0 Å². The van der Waals surface area contributed by atoms with E-state index in [4.69, 9.17) is 35.4 Å². The molecule has 1 N–H and O–H groups in total. The van der Waals surface area contributed by atoms with Crippen molar-refractivity contribution in [2.24, 2.45) is 0 Å². The second-order valence-electron chi connectivity index (χ2n) is 2.83. The van der Waals surface area contributed by atoms with Crippen molar-refractivity contribution in [2.75, 3.05) is 0 Å². The Labute approximate surface area is 98.0 Å². The van der Waals surface area contributed by atoms with Gasteiger partial charge >= 0.3 is 0 Å². The molecule has 2 nitrogen and oxygen atoms in total. The maximum absolute atomic E-state index is 9.36. The number of hydroxylamine groups is 2. The molecule has 0 unspecified atom stereocenters.